The first kappa shape index (κ1) is 31.2. The highest BCUT2D eigenvalue weighted by atomic mass is 15.2. The van der Waals surface area contributed by atoms with Crippen molar-refractivity contribution >= 4 is 32.8 Å². The van der Waals surface area contributed by atoms with Gasteiger partial charge in [-0.05, 0) is 91.7 Å². The van der Waals surface area contributed by atoms with Crippen molar-refractivity contribution in [2.24, 2.45) is 5.73 Å². The molecule has 3 atom stereocenters. The summed E-state index contributed by atoms with van der Waals surface area (Å²) in [6.07, 6.45) is 12.6. The summed E-state index contributed by atoms with van der Waals surface area (Å²) >= 11 is 0. The Kier molecular flexibility index (Phi) is 8.18. The summed E-state index contributed by atoms with van der Waals surface area (Å²) in [6, 6.07) is 45.9. The fraction of sp³-hybridized carbons (Fsp3) is 0.106. The van der Waals surface area contributed by atoms with Gasteiger partial charge in [0.2, 0.25) is 0 Å². The highest BCUT2D eigenvalue weighted by molar-refractivity contribution is 6.21. The van der Waals surface area contributed by atoms with Crippen LogP contribution in [0.5, 0.6) is 0 Å². The molecule has 0 saturated carbocycles. The van der Waals surface area contributed by atoms with Gasteiger partial charge in [-0.25, -0.2) is 0 Å². The van der Waals surface area contributed by atoms with Gasteiger partial charge < -0.3 is 16.0 Å². The Hall–Kier alpha value is -6.06. The maximum atomic E-state index is 6.69. The van der Waals surface area contributed by atoms with E-state index in [9.17, 15) is 0 Å². The van der Waals surface area contributed by atoms with Gasteiger partial charge >= 0.3 is 0 Å². The molecule has 3 N–H and O–H groups in total. The third-order valence-corrected chi connectivity index (χ3v) is 10.4. The molecule has 3 heteroatoms. The molecule has 244 valence electrons. The van der Waals surface area contributed by atoms with E-state index in [1.54, 1.807) is 0 Å². The molecule has 0 radical (unpaired) electrons. The third kappa shape index (κ3) is 5.41. The molecular weight excluding hydrogens is 607 g/mol. The summed E-state index contributed by atoms with van der Waals surface area (Å²) in [4.78, 5) is 2.37. The van der Waals surface area contributed by atoms with E-state index in [2.05, 4.69) is 182 Å². The minimum Gasteiger partial charge on any atom is -0.400 e. The van der Waals surface area contributed by atoms with E-state index in [0.29, 0.717) is 5.92 Å². The lowest BCUT2D eigenvalue weighted by Crippen LogP contribution is -2.31. The topological polar surface area (TPSA) is 41.3 Å². The van der Waals surface area contributed by atoms with Crippen molar-refractivity contribution in [2.75, 3.05) is 4.90 Å². The van der Waals surface area contributed by atoms with Crippen LogP contribution in [0.4, 0.5) is 5.69 Å². The van der Waals surface area contributed by atoms with Crippen molar-refractivity contribution < 1.29 is 0 Å². The second-order valence-electron chi connectivity index (χ2n) is 13.3. The molecule has 0 spiro atoms. The van der Waals surface area contributed by atoms with Crippen molar-refractivity contribution in [3.8, 4) is 22.3 Å². The minimum atomic E-state index is -0.100. The monoisotopic (exact) mass is 647 g/mol. The predicted octanol–water partition coefficient (Wildman–Crippen LogP) is 11.1. The third-order valence-electron chi connectivity index (χ3n) is 10.4. The van der Waals surface area contributed by atoms with Crippen molar-refractivity contribution in [2.45, 2.75) is 31.8 Å². The van der Waals surface area contributed by atoms with Crippen LogP contribution in [0.3, 0.4) is 0 Å². The van der Waals surface area contributed by atoms with Gasteiger partial charge in [0.15, 0.2) is 0 Å². The number of hydrogen-bond acceptors (Lipinski definition) is 3. The van der Waals surface area contributed by atoms with Gasteiger partial charge in [0.25, 0.3) is 0 Å². The van der Waals surface area contributed by atoms with E-state index in [0.717, 1.165) is 22.5 Å². The number of benzene rings is 6. The Balaban J connectivity index is 1.14. The lowest BCUT2D eigenvalue weighted by atomic mass is 9.85. The zero-order valence-corrected chi connectivity index (χ0v) is 28.6. The summed E-state index contributed by atoms with van der Waals surface area (Å²) in [5.41, 5.74) is 18.4. The summed E-state index contributed by atoms with van der Waals surface area (Å²) in [5.74, 6) is 0.377. The fourth-order valence-corrected chi connectivity index (χ4v) is 7.86. The van der Waals surface area contributed by atoms with Crippen molar-refractivity contribution in [1.82, 2.24) is 5.32 Å². The van der Waals surface area contributed by atoms with Gasteiger partial charge in [0, 0.05) is 29.2 Å². The van der Waals surface area contributed by atoms with Crippen molar-refractivity contribution in [3.05, 3.63) is 193 Å². The largest absolute Gasteiger partial charge is 0.400 e. The normalized spacial score (nSPS) is 19.0. The van der Waals surface area contributed by atoms with Crippen LogP contribution in [0.1, 0.15) is 30.9 Å². The molecule has 0 amide bonds. The minimum absolute atomic E-state index is 0.100. The number of fused-ring (bicyclic) bond motifs is 3. The maximum Gasteiger partial charge on any atom is 0.0841 e. The number of nitrogens with zero attached hydrogens (tertiary/aromatic N) is 1. The number of nitrogens with two attached hydrogens (primary N) is 1. The molecule has 0 aliphatic carbocycles. The number of para-hydroxylation sites is 1. The molecule has 3 nitrogen and oxygen atoms in total. The molecule has 6 aromatic carbocycles. The highest BCUT2D eigenvalue weighted by Gasteiger charge is 2.34. The van der Waals surface area contributed by atoms with Crippen LogP contribution in [0.25, 0.3) is 49.4 Å². The highest BCUT2D eigenvalue weighted by Crippen LogP contribution is 2.45. The number of anilines is 1. The summed E-state index contributed by atoms with van der Waals surface area (Å²) in [7, 11) is 0. The molecule has 2 aliphatic heterocycles. The van der Waals surface area contributed by atoms with Gasteiger partial charge in [-0.1, -0.05) is 140 Å². The van der Waals surface area contributed by atoms with E-state index in [-0.39, 0.29) is 12.1 Å². The van der Waals surface area contributed by atoms with Crippen molar-refractivity contribution in [3.63, 3.8) is 0 Å². The zero-order chi connectivity index (χ0) is 34.2. The molecule has 3 unspecified atom stereocenters. The Morgan fingerprint density at radius 2 is 1.30 bits per heavy atom. The van der Waals surface area contributed by atoms with Crippen LogP contribution < -0.4 is 16.0 Å². The molecule has 2 heterocycles. The number of hydrogen-bond donors (Lipinski definition) is 2. The van der Waals surface area contributed by atoms with Crippen molar-refractivity contribution in [1.29, 1.82) is 0 Å². The standard InChI is InChI=1S/C47H41N3/c1-4-44-32(3)37-19-13-14-22-45(37)50(44)31(2)23-27-42(48)43-28-25-36(30-49-43)35-24-26-40-41(29-35)47(34-17-9-6-10-18-34)39-21-12-11-20-38(39)46(40)33-15-7-5-8-16-33/h4-30,32,43-44,49H,1,48H2,2-3H3/b31-23+,42-27-. The van der Waals surface area contributed by atoms with Crippen LogP contribution in [-0.4, -0.2) is 12.1 Å². The first-order valence-corrected chi connectivity index (χ1v) is 17.4. The van der Waals surface area contributed by atoms with Crippen LogP contribution in [0, 0.1) is 0 Å². The van der Waals surface area contributed by atoms with Gasteiger partial charge in [-0.15, -0.1) is 6.58 Å². The van der Waals surface area contributed by atoms with Crippen LogP contribution >= 0.6 is 0 Å². The number of rotatable bonds is 7. The Bertz CT molecular complexity index is 2360. The molecule has 0 fully saturated rings. The quantitative estimate of drug-likeness (QED) is 0.103. The second kappa shape index (κ2) is 13.1. The summed E-state index contributed by atoms with van der Waals surface area (Å²) in [6.45, 7) is 8.56. The van der Waals surface area contributed by atoms with Gasteiger partial charge in [0.05, 0.1) is 12.1 Å². The summed E-state index contributed by atoms with van der Waals surface area (Å²) in [5, 5.41) is 8.55. The Labute approximate surface area is 295 Å². The first-order chi connectivity index (χ1) is 24.5. The van der Waals surface area contributed by atoms with E-state index in [4.69, 9.17) is 5.73 Å². The Morgan fingerprint density at radius 1 is 0.700 bits per heavy atom. The summed E-state index contributed by atoms with van der Waals surface area (Å²) < 4.78 is 0. The zero-order valence-electron chi connectivity index (χ0n) is 28.6. The molecule has 8 rings (SSSR count). The van der Waals surface area contributed by atoms with Crippen LogP contribution in [0.2, 0.25) is 0 Å². The molecule has 2 aliphatic rings. The smallest absolute Gasteiger partial charge is 0.0841 e. The van der Waals surface area contributed by atoms with Crippen LogP contribution in [-0.2, 0) is 0 Å². The molecule has 50 heavy (non-hydrogen) atoms. The number of dihydropyridines is 1. The molecular formula is C47H41N3. The van der Waals surface area contributed by atoms with E-state index >= 15 is 0 Å². The molecule has 6 aromatic rings. The van der Waals surface area contributed by atoms with E-state index < -0.39 is 0 Å². The predicted molar refractivity (Wildman–Crippen MR) is 214 cm³/mol. The Morgan fingerprint density at radius 3 is 1.94 bits per heavy atom. The second-order valence-corrected chi connectivity index (χ2v) is 13.3. The first-order valence-electron chi connectivity index (χ1n) is 17.4. The van der Waals surface area contributed by atoms with E-state index in [1.807, 2.05) is 12.2 Å². The lowest BCUT2D eigenvalue weighted by Gasteiger charge is -2.27. The number of nitrogens with one attached hydrogen (secondary N) is 1. The maximum absolute atomic E-state index is 6.69. The van der Waals surface area contributed by atoms with Crippen LogP contribution in [0.15, 0.2) is 182 Å². The van der Waals surface area contributed by atoms with Gasteiger partial charge in [0.1, 0.15) is 0 Å². The number of allylic oxidation sites excluding steroid dienone is 5. The fourth-order valence-electron chi connectivity index (χ4n) is 7.86. The average molecular weight is 648 g/mol. The molecule has 0 aromatic heterocycles. The lowest BCUT2D eigenvalue weighted by molar-refractivity contribution is 0.680. The van der Waals surface area contributed by atoms with Gasteiger partial charge in [-0.3, -0.25) is 0 Å². The van der Waals surface area contributed by atoms with E-state index in [1.165, 1.54) is 55.0 Å². The molecule has 0 saturated heterocycles. The molecule has 0 bridgehead atoms. The average Bonchev–Trinajstić information content (AvgIpc) is 3.47. The SMILES string of the molecule is C=CC1C(C)c2ccccc2N1/C(C)=C/C=C(\N)C1C=CC(c2ccc3c(-c4ccccc4)c4ccccc4c(-c4ccccc4)c3c2)=CN1. The van der Waals surface area contributed by atoms with Gasteiger partial charge in [-0.2, -0.15) is 0 Å².